The van der Waals surface area contributed by atoms with Crippen LogP contribution in [0.2, 0.25) is 0 Å². The Kier molecular flexibility index (Phi) is 5.17. The predicted octanol–water partition coefficient (Wildman–Crippen LogP) is 6.12. The topological polar surface area (TPSA) is 67.8 Å². The van der Waals surface area contributed by atoms with Crippen molar-refractivity contribution in [1.29, 1.82) is 0 Å². The van der Waals surface area contributed by atoms with E-state index in [0.717, 1.165) is 26.9 Å². The highest BCUT2D eigenvalue weighted by Gasteiger charge is 2.14. The van der Waals surface area contributed by atoms with Crippen molar-refractivity contribution in [3.8, 4) is 22.4 Å². The maximum Gasteiger partial charge on any atom is 0.257 e. The number of fused-ring (bicyclic) bond motifs is 1. The van der Waals surface area contributed by atoms with Crippen molar-refractivity contribution in [2.75, 3.05) is 5.32 Å². The summed E-state index contributed by atoms with van der Waals surface area (Å²) in [5.74, 6) is -0.532. The monoisotopic (exact) mass is 440 g/mol. The zero-order valence-corrected chi connectivity index (χ0v) is 17.9. The highest BCUT2D eigenvalue weighted by atomic mass is 32.1. The molecule has 0 radical (unpaired) electrons. The standard InChI is InChI=1S/C25H17FN4OS/c1-15-9-17(4-6-21(15)26)24-20(16-5-7-22-23(10-16)32-14-29-22)11-19(13-28-24)30-25(31)18-3-2-8-27-12-18/h2-14H,1H3,(H,30,31). The number of nitrogens with zero attached hydrogens (tertiary/aromatic N) is 3. The highest BCUT2D eigenvalue weighted by molar-refractivity contribution is 7.16. The Bertz CT molecular complexity index is 1450. The molecule has 5 rings (SSSR count). The number of nitrogens with one attached hydrogen (secondary N) is 1. The number of thiazole rings is 1. The van der Waals surface area contributed by atoms with Crippen molar-refractivity contribution in [1.82, 2.24) is 15.0 Å². The number of hydrogen-bond acceptors (Lipinski definition) is 5. The predicted molar refractivity (Wildman–Crippen MR) is 125 cm³/mol. The molecular weight excluding hydrogens is 423 g/mol. The Morgan fingerprint density at radius 3 is 2.69 bits per heavy atom. The van der Waals surface area contributed by atoms with Crippen LogP contribution in [-0.4, -0.2) is 20.9 Å². The van der Waals surface area contributed by atoms with Crippen LogP contribution in [0.15, 0.2) is 78.7 Å². The zero-order chi connectivity index (χ0) is 22.1. The van der Waals surface area contributed by atoms with E-state index in [1.54, 1.807) is 54.9 Å². The van der Waals surface area contributed by atoms with Gasteiger partial charge in [-0.05, 0) is 66.6 Å². The molecule has 5 nitrogen and oxygen atoms in total. The number of carbonyl (C=O) groups is 1. The minimum absolute atomic E-state index is 0.262. The Labute approximate surface area is 187 Å². The van der Waals surface area contributed by atoms with Crippen molar-refractivity contribution < 1.29 is 9.18 Å². The fourth-order valence-electron chi connectivity index (χ4n) is 3.50. The van der Waals surface area contributed by atoms with Gasteiger partial charge < -0.3 is 5.32 Å². The lowest BCUT2D eigenvalue weighted by Gasteiger charge is -2.13. The molecule has 3 heterocycles. The van der Waals surface area contributed by atoms with E-state index >= 15 is 0 Å². The van der Waals surface area contributed by atoms with Crippen LogP contribution in [0, 0.1) is 12.7 Å². The summed E-state index contributed by atoms with van der Waals surface area (Å²) in [6, 6.07) is 16.2. The van der Waals surface area contributed by atoms with Crippen LogP contribution in [-0.2, 0) is 0 Å². The summed E-state index contributed by atoms with van der Waals surface area (Å²) >= 11 is 1.56. The molecule has 2 aromatic carbocycles. The fraction of sp³-hybridized carbons (Fsp3) is 0.0400. The molecule has 0 atom stereocenters. The molecule has 0 aliphatic heterocycles. The van der Waals surface area contributed by atoms with Crippen molar-refractivity contribution in [3.05, 3.63) is 95.6 Å². The van der Waals surface area contributed by atoms with Crippen LogP contribution in [0.25, 0.3) is 32.6 Å². The maximum absolute atomic E-state index is 13.9. The molecule has 0 spiro atoms. The molecule has 3 aromatic heterocycles. The van der Waals surface area contributed by atoms with Gasteiger partial charge in [0.1, 0.15) is 5.82 Å². The van der Waals surface area contributed by atoms with Gasteiger partial charge in [-0.1, -0.05) is 6.07 Å². The molecule has 0 unspecified atom stereocenters. The summed E-state index contributed by atoms with van der Waals surface area (Å²) in [6.07, 6.45) is 4.74. The number of aryl methyl sites for hydroxylation is 1. The van der Waals surface area contributed by atoms with Gasteiger partial charge in [0.15, 0.2) is 0 Å². The Balaban J connectivity index is 1.61. The first-order chi connectivity index (χ1) is 15.6. The van der Waals surface area contributed by atoms with Gasteiger partial charge in [0.2, 0.25) is 0 Å². The highest BCUT2D eigenvalue weighted by Crippen LogP contribution is 2.35. The molecular formula is C25H17FN4OS. The minimum Gasteiger partial charge on any atom is -0.321 e. The van der Waals surface area contributed by atoms with E-state index < -0.39 is 0 Å². The molecule has 1 amide bonds. The van der Waals surface area contributed by atoms with Gasteiger partial charge in [-0.15, -0.1) is 11.3 Å². The molecule has 0 fully saturated rings. The van der Waals surface area contributed by atoms with E-state index in [2.05, 4.69) is 26.3 Å². The smallest absolute Gasteiger partial charge is 0.257 e. The van der Waals surface area contributed by atoms with E-state index in [0.29, 0.717) is 22.5 Å². The van der Waals surface area contributed by atoms with Crippen LogP contribution in [0.3, 0.4) is 0 Å². The first-order valence-corrected chi connectivity index (χ1v) is 10.8. The van der Waals surface area contributed by atoms with Crippen LogP contribution >= 0.6 is 11.3 Å². The summed E-state index contributed by atoms with van der Waals surface area (Å²) < 4.78 is 14.9. The van der Waals surface area contributed by atoms with Gasteiger partial charge in [0, 0.05) is 23.5 Å². The molecule has 156 valence electrons. The van der Waals surface area contributed by atoms with Gasteiger partial charge >= 0.3 is 0 Å². The number of aromatic nitrogens is 3. The van der Waals surface area contributed by atoms with Crippen molar-refractivity contribution in [2.24, 2.45) is 0 Å². The third kappa shape index (κ3) is 3.86. The number of benzene rings is 2. The number of rotatable bonds is 4. The minimum atomic E-state index is -0.269. The average Bonchev–Trinajstić information content (AvgIpc) is 3.29. The number of carbonyl (C=O) groups excluding carboxylic acids is 1. The lowest BCUT2D eigenvalue weighted by atomic mass is 9.97. The molecule has 0 aliphatic carbocycles. The van der Waals surface area contributed by atoms with Crippen LogP contribution in [0.1, 0.15) is 15.9 Å². The first kappa shape index (κ1) is 20.0. The van der Waals surface area contributed by atoms with Crippen LogP contribution in [0.5, 0.6) is 0 Å². The number of hydrogen-bond donors (Lipinski definition) is 1. The summed E-state index contributed by atoms with van der Waals surface area (Å²) in [7, 11) is 0. The van der Waals surface area contributed by atoms with Gasteiger partial charge in [-0.3, -0.25) is 14.8 Å². The first-order valence-electron chi connectivity index (χ1n) is 9.90. The van der Waals surface area contributed by atoms with Gasteiger partial charge in [-0.25, -0.2) is 9.37 Å². The SMILES string of the molecule is Cc1cc(-c2ncc(NC(=O)c3cccnc3)cc2-c2ccc3ncsc3c2)ccc1F. The summed E-state index contributed by atoms with van der Waals surface area (Å²) in [4.78, 5) is 25.6. The summed E-state index contributed by atoms with van der Waals surface area (Å²) in [5.41, 5.74) is 7.55. The second kappa shape index (κ2) is 8.28. The molecule has 7 heteroatoms. The van der Waals surface area contributed by atoms with Crippen molar-refractivity contribution >= 4 is 33.1 Å². The number of amides is 1. The molecule has 0 bridgehead atoms. The largest absolute Gasteiger partial charge is 0.321 e. The normalized spacial score (nSPS) is 10.9. The second-order valence-corrected chi connectivity index (χ2v) is 8.20. The molecule has 32 heavy (non-hydrogen) atoms. The van der Waals surface area contributed by atoms with E-state index in [9.17, 15) is 9.18 Å². The lowest BCUT2D eigenvalue weighted by Crippen LogP contribution is -2.12. The fourth-order valence-corrected chi connectivity index (χ4v) is 4.21. The summed E-state index contributed by atoms with van der Waals surface area (Å²) in [5, 5.41) is 2.89. The third-order valence-electron chi connectivity index (χ3n) is 5.14. The Hall–Kier alpha value is -3.97. The van der Waals surface area contributed by atoms with Crippen LogP contribution < -0.4 is 5.32 Å². The Morgan fingerprint density at radius 2 is 1.88 bits per heavy atom. The van der Waals surface area contributed by atoms with E-state index in [1.807, 2.05) is 23.7 Å². The summed E-state index contributed by atoms with van der Waals surface area (Å²) in [6.45, 7) is 1.73. The van der Waals surface area contributed by atoms with Gasteiger partial charge in [-0.2, -0.15) is 0 Å². The molecule has 5 aromatic rings. The quantitative estimate of drug-likeness (QED) is 0.366. The van der Waals surface area contributed by atoms with Crippen molar-refractivity contribution in [2.45, 2.75) is 6.92 Å². The van der Waals surface area contributed by atoms with Crippen molar-refractivity contribution in [3.63, 3.8) is 0 Å². The molecule has 1 N–H and O–H groups in total. The molecule has 0 aliphatic rings. The number of pyridine rings is 2. The molecule has 0 saturated heterocycles. The van der Waals surface area contributed by atoms with E-state index in [4.69, 9.17) is 0 Å². The van der Waals surface area contributed by atoms with Gasteiger partial charge in [0.25, 0.3) is 5.91 Å². The van der Waals surface area contributed by atoms with E-state index in [-0.39, 0.29) is 11.7 Å². The zero-order valence-electron chi connectivity index (χ0n) is 17.0. The molecule has 0 saturated carbocycles. The number of anilines is 1. The third-order valence-corrected chi connectivity index (χ3v) is 5.93. The van der Waals surface area contributed by atoms with Gasteiger partial charge in [0.05, 0.1) is 38.9 Å². The maximum atomic E-state index is 13.9. The second-order valence-electron chi connectivity index (χ2n) is 7.31. The van der Waals surface area contributed by atoms with Crippen LogP contribution in [0.4, 0.5) is 10.1 Å². The Morgan fingerprint density at radius 1 is 1.00 bits per heavy atom. The van der Waals surface area contributed by atoms with E-state index in [1.165, 1.54) is 12.3 Å². The average molecular weight is 441 g/mol. The number of halogens is 1. The lowest BCUT2D eigenvalue weighted by molar-refractivity contribution is 0.102.